The topological polar surface area (TPSA) is 84.5 Å². The van der Waals surface area contributed by atoms with Crippen molar-refractivity contribution in [2.24, 2.45) is 5.92 Å². The van der Waals surface area contributed by atoms with Crippen molar-refractivity contribution in [2.75, 3.05) is 19.0 Å². The monoisotopic (exact) mass is 318 g/mol. The first-order valence-corrected chi connectivity index (χ1v) is 7.89. The van der Waals surface area contributed by atoms with Crippen LogP contribution in [0, 0.1) is 5.92 Å². The molecule has 0 bridgehead atoms. The quantitative estimate of drug-likeness (QED) is 0.814. The largest absolute Gasteiger partial charge is 0.455 e. The first kappa shape index (κ1) is 17.0. The lowest BCUT2D eigenvalue weighted by molar-refractivity contribution is -0.152. The molecule has 2 rings (SSSR count). The van der Waals surface area contributed by atoms with Crippen LogP contribution in [0.3, 0.4) is 0 Å². The maximum Gasteiger partial charge on any atom is 0.309 e. The Morgan fingerprint density at radius 2 is 1.74 bits per heavy atom. The molecule has 0 unspecified atom stereocenters. The Kier molecular flexibility index (Phi) is 6.14. The standard InChI is InChI=1S/C17H22N2O4/c1-18-16(21)12-7-9-14(10-8-12)19-15(20)11-23-17(22)13-5-3-2-4-6-13/h7-10,13H,2-6,11H2,1H3,(H,18,21)(H,19,20). The fourth-order valence-electron chi connectivity index (χ4n) is 2.64. The maximum atomic E-state index is 11.9. The van der Waals surface area contributed by atoms with Gasteiger partial charge in [-0.3, -0.25) is 14.4 Å². The average Bonchev–Trinajstić information content (AvgIpc) is 2.60. The SMILES string of the molecule is CNC(=O)c1ccc(NC(=O)COC(=O)C2CCCCC2)cc1. The molecule has 1 saturated carbocycles. The molecule has 1 aromatic carbocycles. The van der Waals surface area contributed by atoms with Crippen LogP contribution >= 0.6 is 0 Å². The van der Waals surface area contributed by atoms with Crippen molar-refractivity contribution < 1.29 is 19.1 Å². The predicted molar refractivity (Wildman–Crippen MR) is 86.0 cm³/mol. The number of hydrogen-bond acceptors (Lipinski definition) is 4. The predicted octanol–water partition coefficient (Wildman–Crippen LogP) is 2.11. The molecule has 0 aliphatic heterocycles. The summed E-state index contributed by atoms with van der Waals surface area (Å²) in [6.45, 7) is -0.285. The van der Waals surface area contributed by atoms with Gasteiger partial charge in [-0.2, -0.15) is 0 Å². The number of carbonyl (C=O) groups is 3. The van der Waals surface area contributed by atoms with Gasteiger partial charge >= 0.3 is 5.97 Å². The van der Waals surface area contributed by atoms with Crippen LogP contribution in [0.15, 0.2) is 24.3 Å². The average molecular weight is 318 g/mol. The summed E-state index contributed by atoms with van der Waals surface area (Å²) >= 11 is 0. The van der Waals surface area contributed by atoms with E-state index >= 15 is 0 Å². The van der Waals surface area contributed by atoms with Crippen molar-refractivity contribution in [1.29, 1.82) is 0 Å². The van der Waals surface area contributed by atoms with Crippen molar-refractivity contribution in [3.05, 3.63) is 29.8 Å². The summed E-state index contributed by atoms with van der Waals surface area (Å²) in [5.74, 6) is -0.927. The first-order valence-electron chi connectivity index (χ1n) is 7.89. The molecule has 6 heteroatoms. The van der Waals surface area contributed by atoms with Gasteiger partial charge in [0.1, 0.15) is 0 Å². The Bertz CT molecular complexity index is 562. The molecular formula is C17H22N2O4. The Morgan fingerprint density at radius 3 is 2.35 bits per heavy atom. The minimum atomic E-state index is -0.387. The highest BCUT2D eigenvalue weighted by molar-refractivity contribution is 5.96. The van der Waals surface area contributed by atoms with Crippen LogP contribution < -0.4 is 10.6 Å². The molecule has 124 valence electrons. The van der Waals surface area contributed by atoms with Crippen molar-refractivity contribution >= 4 is 23.5 Å². The number of ether oxygens (including phenoxy) is 1. The minimum Gasteiger partial charge on any atom is -0.455 e. The van der Waals surface area contributed by atoms with Crippen LogP contribution in [0.2, 0.25) is 0 Å². The Balaban J connectivity index is 1.78. The van der Waals surface area contributed by atoms with Gasteiger partial charge in [0.25, 0.3) is 11.8 Å². The molecule has 2 N–H and O–H groups in total. The lowest BCUT2D eigenvalue weighted by Gasteiger charge is -2.19. The number of benzene rings is 1. The van der Waals surface area contributed by atoms with Crippen molar-refractivity contribution in [3.63, 3.8) is 0 Å². The second-order valence-electron chi connectivity index (χ2n) is 5.65. The van der Waals surface area contributed by atoms with Crippen molar-refractivity contribution in [1.82, 2.24) is 5.32 Å². The number of esters is 1. The van der Waals surface area contributed by atoms with E-state index in [0.29, 0.717) is 11.3 Å². The van der Waals surface area contributed by atoms with Crippen molar-refractivity contribution in [2.45, 2.75) is 32.1 Å². The zero-order chi connectivity index (χ0) is 16.7. The van der Waals surface area contributed by atoms with E-state index in [1.807, 2.05) is 0 Å². The highest BCUT2D eigenvalue weighted by atomic mass is 16.5. The Labute approximate surface area is 135 Å². The van der Waals surface area contributed by atoms with Gasteiger partial charge in [-0.15, -0.1) is 0 Å². The van der Waals surface area contributed by atoms with E-state index in [2.05, 4.69) is 10.6 Å². The molecule has 0 saturated heterocycles. The lowest BCUT2D eigenvalue weighted by atomic mass is 9.89. The van der Waals surface area contributed by atoms with Crippen LogP contribution in [0.1, 0.15) is 42.5 Å². The van der Waals surface area contributed by atoms with Crippen LogP contribution in [-0.2, 0) is 14.3 Å². The highest BCUT2D eigenvalue weighted by Crippen LogP contribution is 2.24. The van der Waals surface area contributed by atoms with Crippen LogP contribution in [0.5, 0.6) is 0 Å². The Morgan fingerprint density at radius 1 is 1.09 bits per heavy atom. The molecule has 0 aromatic heterocycles. The molecule has 23 heavy (non-hydrogen) atoms. The van der Waals surface area contributed by atoms with Gasteiger partial charge in [0.05, 0.1) is 5.92 Å². The van der Waals surface area contributed by atoms with Gasteiger partial charge < -0.3 is 15.4 Å². The fourth-order valence-corrected chi connectivity index (χ4v) is 2.64. The van der Waals surface area contributed by atoms with E-state index in [9.17, 15) is 14.4 Å². The van der Waals surface area contributed by atoms with Gasteiger partial charge in [-0.25, -0.2) is 0 Å². The third-order valence-electron chi connectivity index (χ3n) is 3.94. The summed E-state index contributed by atoms with van der Waals surface area (Å²) < 4.78 is 5.08. The van der Waals surface area contributed by atoms with Crippen LogP contribution in [-0.4, -0.2) is 31.4 Å². The second kappa shape index (κ2) is 8.31. The molecule has 1 fully saturated rings. The number of hydrogen-bond donors (Lipinski definition) is 2. The zero-order valence-electron chi connectivity index (χ0n) is 13.3. The van der Waals surface area contributed by atoms with Gasteiger partial charge in [-0.1, -0.05) is 19.3 Å². The number of anilines is 1. The van der Waals surface area contributed by atoms with Crippen molar-refractivity contribution in [3.8, 4) is 0 Å². The van der Waals surface area contributed by atoms with Crippen LogP contribution in [0.4, 0.5) is 5.69 Å². The summed E-state index contributed by atoms with van der Waals surface area (Å²) in [5, 5.41) is 5.16. The van der Waals surface area contributed by atoms with E-state index in [1.54, 1.807) is 31.3 Å². The molecule has 0 heterocycles. The van der Waals surface area contributed by atoms with E-state index in [0.717, 1.165) is 32.1 Å². The van der Waals surface area contributed by atoms with E-state index in [1.165, 1.54) is 0 Å². The van der Waals surface area contributed by atoms with Gasteiger partial charge in [0, 0.05) is 18.3 Å². The third kappa shape index (κ3) is 5.09. The van der Waals surface area contributed by atoms with Gasteiger partial charge in [0.2, 0.25) is 0 Å². The first-order chi connectivity index (χ1) is 11.1. The lowest BCUT2D eigenvalue weighted by Crippen LogP contribution is -2.26. The zero-order valence-corrected chi connectivity index (χ0v) is 13.3. The summed E-state index contributed by atoms with van der Waals surface area (Å²) in [5.41, 5.74) is 1.06. The second-order valence-corrected chi connectivity index (χ2v) is 5.65. The molecule has 1 aliphatic carbocycles. The minimum absolute atomic E-state index is 0.0663. The number of rotatable bonds is 5. The summed E-state index contributed by atoms with van der Waals surface area (Å²) in [4.78, 5) is 35.1. The van der Waals surface area contributed by atoms with Gasteiger partial charge in [-0.05, 0) is 37.1 Å². The fraction of sp³-hybridized carbons (Fsp3) is 0.471. The smallest absolute Gasteiger partial charge is 0.309 e. The third-order valence-corrected chi connectivity index (χ3v) is 3.94. The number of amides is 2. The number of nitrogens with one attached hydrogen (secondary N) is 2. The maximum absolute atomic E-state index is 11.9. The Hall–Kier alpha value is -2.37. The van der Waals surface area contributed by atoms with E-state index in [-0.39, 0.29) is 30.3 Å². The molecule has 2 amide bonds. The molecule has 0 radical (unpaired) electrons. The molecule has 1 aromatic rings. The molecule has 0 atom stereocenters. The normalized spacial score (nSPS) is 14.8. The highest BCUT2D eigenvalue weighted by Gasteiger charge is 2.23. The molecule has 1 aliphatic rings. The molecular weight excluding hydrogens is 296 g/mol. The summed E-state index contributed by atoms with van der Waals surface area (Å²) in [7, 11) is 1.55. The van der Waals surface area contributed by atoms with E-state index < -0.39 is 0 Å². The number of carbonyl (C=O) groups excluding carboxylic acids is 3. The van der Waals surface area contributed by atoms with Gasteiger partial charge in [0.15, 0.2) is 6.61 Å². The van der Waals surface area contributed by atoms with Crippen LogP contribution in [0.25, 0.3) is 0 Å². The summed E-state index contributed by atoms with van der Waals surface area (Å²) in [6, 6.07) is 6.49. The molecule has 0 spiro atoms. The molecule has 6 nitrogen and oxygen atoms in total. The van der Waals surface area contributed by atoms with E-state index in [4.69, 9.17) is 4.74 Å². The summed E-state index contributed by atoms with van der Waals surface area (Å²) in [6.07, 6.45) is 4.95.